The molecule has 4 unspecified atom stereocenters. The minimum Gasteiger partial charge on any atom is -0.458 e. The summed E-state index contributed by atoms with van der Waals surface area (Å²) in [5.74, 6) is -1.16. The Morgan fingerprint density at radius 2 is 2.00 bits per heavy atom. The lowest BCUT2D eigenvalue weighted by atomic mass is 9.79. The van der Waals surface area contributed by atoms with Gasteiger partial charge in [0.05, 0.1) is 12.5 Å². The summed E-state index contributed by atoms with van der Waals surface area (Å²) in [5.41, 5.74) is 1.12. The highest BCUT2D eigenvalue weighted by Crippen LogP contribution is 2.30. The van der Waals surface area contributed by atoms with E-state index in [0.717, 1.165) is 12.0 Å². The Hall–Kier alpha value is -1.98. The minimum atomic E-state index is -1.27. The van der Waals surface area contributed by atoms with E-state index in [1.165, 1.54) is 19.8 Å². The number of allylic oxidation sites excluding steroid dienone is 5. The Balaban J connectivity index is 2.95. The molecule has 4 atom stereocenters. The van der Waals surface area contributed by atoms with Gasteiger partial charge in [-0.15, -0.1) is 0 Å². The summed E-state index contributed by atoms with van der Waals surface area (Å²) in [6.45, 7) is 9.82. The Kier molecular flexibility index (Phi) is 11.5. The molecule has 0 spiro atoms. The first-order valence-electron chi connectivity index (χ1n) is 10.5. The van der Waals surface area contributed by atoms with Crippen LogP contribution in [0.5, 0.6) is 0 Å². The molecule has 0 amide bonds. The molecule has 0 aliphatic heterocycles. The Morgan fingerprint density at radius 1 is 1.28 bits per heavy atom. The van der Waals surface area contributed by atoms with Crippen LogP contribution in [-0.2, 0) is 19.1 Å². The molecule has 1 aliphatic rings. The van der Waals surface area contributed by atoms with Crippen molar-refractivity contribution in [3.63, 3.8) is 0 Å². The largest absolute Gasteiger partial charge is 0.458 e. The second kappa shape index (κ2) is 13.3. The molecule has 0 aromatic carbocycles. The van der Waals surface area contributed by atoms with Crippen LogP contribution in [0.25, 0.3) is 0 Å². The van der Waals surface area contributed by atoms with Crippen LogP contribution in [0, 0.1) is 11.8 Å². The summed E-state index contributed by atoms with van der Waals surface area (Å²) in [7, 11) is 0. The zero-order valence-electron chi connectivity index (χ0n) is 18.4. The third-order valence-electron chi connectivity index (χ3n) is 4.87. The molecule has 1 aliphatic carbocycles. The van der Waals surface area contributed by atoms with Gasteiger partial charge in [-0.3, -0.25) is 9.59 Å². The lowest BCUT2D eigenvalue weighted by Gasteiger charge is -2.33. The maximum Gasteiger partial charge on any atom is 0.303 e. The molecule has 1 N–H and O–H groups in total. The number of hydrogen-bond acceptors (Lipinski definition) is 5. The quantitative estimate of drug-likeness (QED) is 0.240. The van der Waals surface area contributed by atoms with Crippen LogP contribution >= 0.6 is 0 Å². The van der Waals surface area contributed by atoms with E-state index in [1.54, 1.807) is 6.08 Å². The first-order valence-corrected chi connectivity index (χ1v) is 10.5. The zero-order valence-corrected chi connectivity index (χ0v) is 18.4. The number of aliphatic hydroxyl groups excluding tert-OH is 1. The highest BCUT2D eigenvalue weighted by Gasteiger charge is 2.40. The Bertz CT molecular complexity index is 656. The first kappa shape index (κ1) is 25.1. The highest BCUT2D eigenvalue weighted by molar-refractivity contribution is 6.00. The van der Waals surface area contributed by atoms with E-state index in [0.29, 0.717) is 12.2 Å². The molecule has 5 nitrogen and oxygen atoms in total. The maximum absolute atomic E-state index is 12.5. The number of rotatable bonds is 11. The van der Waals surface area contributed by atoms with Crippen LogP contribution in [0.4, 0.5) is 0 Å². The maximum atomic E-state index is 12.5. The number of carbonyl (C=O) groups is 2. The molecule has 0 saturated carbocycles. The van der Waals surface area contributed by atoms with Crippen LogP contribution in [0.3, 0.4) is 0 Å². The topological polar surface area (TPSA) is 72.8 Å². The van der Waals surface area contributed by atoms with Gasteiger partial charge in [-0.1, -0.05) is 62.6 Å². The second-order valence-electron chi connectivity index (χ2n) is 7.46. The summed E-state index contributed by atoms with van der Waals surface area (Å²) in [6, 6.07) is 0. The minimum absolute atomic E-state index is 0.0986. The van der Waals surface area contributed by atoms with Crippen molar-refractivity contribution in [1.82, 2.24) is 0 Å². The number of ketones is 1. The van der Waals surface area contributed by atoms with Gasteiger partial charge >= 0.3 is 5.97 Å². The first-order chi connectivity index (χ1) is 13.8. The third-order valence-corrected chi connectivity index (χ3v) is 4.87. The van der Waals surface area contributed by atoms with Gasteiger partial charge in [0.25, 0.3) is 0 Å². The number of unbranched alkanes of at least 4 members (excludes halogenated alkanes) is 2. The lowest BCUT2D eigenvalue weighted by molar-refractivity contribution is -0.150. The van der Waals surface area contributed by atoms with Crippen molar-refractivity contribution in [2.45, 2.75) is 66.1 Å². The van der Waals surface area contributed by atoms with Gasteiger partial charge in [-0.2, -0.15) is 0 Å². The van der Waals surface area contributed by atoms with E-state index in [9.17, 15) is 14.7 Å². The molecule has 0 saturated heterocycles. The summed E-state index contributed by atoms with van der Waals surface area (Å²) in [5, 5.41) is 10.6. The molecule has 5 heteroatoms. The van der Waals surface area contributed by atoms with Crippen LogP contribution in [0.1, 0.15) is 53.9 Å². The molecule has 0 aromatic heterocycles. The van der Waals surface area contributed by atoms with Gasteiger partial charge in [-0.25, -0.2) is 0 Å². The second-order valence-corrected chi connectivity index (χ2v) is 7.46. The Labute approximate surface area is 175 Å². The SMILES string of the molecule is CCCCC=CC(C)C=CC=C(C)C1C(OC(C)=O)C=C(COCC)C(=O)C1O. The smallest absolute Gasteiger partial charge is 0.303 e. The van der Waals surface area contributed by atoms with Crippen molar-refractivity contribution in [2.75, 3.05) is 13.2 Å². The molecule has 0 fully saturated rings. The van der Waals surface area contributed by atoms with E-state index < -0.39 is 24.1 Å². The van der Waals surface area contributed by atoms with Crippen LogP contribution < -0.4 is 0 Å². The van der Waals surface area contributed by atoms with Crippen molar-refractivity contribution in [3.8, 4) is 0 Å². The fourth-order valence-electron chi connectivity index (χ4n) is 3.25. The molecule has 1 rings (SSSR count). The van der Waals surface area contributed by atoms with Crippen molar-refractivity contribution in [3.05, 3.63) is 47.6 Å². The van der Waals surface area contributed by atoms with E-state index >= 15 is 0 Å². The standard InChI is InChI=1S/C24H36O5/c1-6-8-9-10-12-17(3)13-11-14-18(4)22-21(29-19(5)25)15-20(16-28-7-2)23(26)24(22)27/h10-15,17,21-22,24,27H,6-9,16H2,1-5H3. The predicted octanol–water partition coefficient (Wildman–Crippen LogP) is 4.33. The molecule has 0 bridgehead atoms. The molecular weight excluding hydrogens is 368 g/mol. The van der Waals surface area contributed by atoms with Gasteiger partial charge in [0, 0.05) is 19.1 Å². The van der Waals surface area contributed by atoms with Crippen LogP contribution in [0.2, 0.25) is 0 Å². The summed E-state index contributed by atoms with van der Waals surface area (Å²) in [4.78, 5) is 24.1. The summed E-state index contributed by atoms with van der Waals surface area (Å²) in [6.07, 6.45) is 13.3. The zero-order chi connectivity index (χ0) is 21.8. The van der Waals surface area contributed by atoms with E-state index in [-0.39, 0.29) is 18.3 Å². The average molecular weight is 405 g/mol. The fourth-order valence-corrected chi connectivity index (χ4v) is 3.25. The lowest BCUT2D eigenvalue weighted by Crippen LogP contribution is -2.44. The summed E-state index contributed by atoms with van der Waals surface area (Å²) < 4.78 is 10.7. The number of carbonyl (C=O) groups excluding carboxylic acids is 2. The predicted molar refractivity (Wildman–Crippen MR) is 115 cm³/mol. The van der Waals surface area contributed by atoms with E-state index in [1.807, 2.05) is 26.0 Å². The van der Waals surface area contributed by atoms with Gasteiger partial charge in [0.15, 0.2) is 5.78 Å². The van der Waals surface area contributed by atoms with E-state index in [2.05, 4.69) is 32.1 Å². The number of hydrogen-bond donors (Lipinski definition) is 1. The normalized spacial score (nSPS) is 24.2. The number of ether oxygens (including phenoxy) is 2. The van der Waals surface area contributed by atoms with Crippen LogP contribution in [0.15, 0.2) is 47.6 Å². The molecular formula is C24H36O5. The third kappa shape index (κ3) is 8.50. The van der Waals surface area contributed by atoms with Crippen molar-refractivity contribution in [1.29, 1.82) is 0 Å². The molecule has 0 aromatic rings. The monoisotopic (exact) mass is 404 g/mol. The van der Waals surface area contributed by atoms with Crippen LogP contribution in [-0.4, -0.2) is 42.3 Å². The molecule has 0 radical (unpaired) electrons. The average Bonchev–Trinajstić information content (AvgIpc) is 2.66. The van der Waals surface area contributed by atoms with E-state index in [4.69, 9.17) is 9.47 Å². The molecule has 162 valence electrons. The fraction of sp³-hybridized carbons (Fsp3) is 0.583. The summed E-state index contributed by atoms with van der Waals surface area (Å²) >= 11 is 0. The van der Waals surface area contributed by atoms with Crippen molar-refractivity contribution in [2.24, 2.45) is 11.8 Å². The Morgan fingerprint density at radius 3 is 2.62 bits per heavy atom. The van der Waals surface area contributed by atoms with Gasteiger partial charge in [0.2, 0.25) is 0 Å². The van der Waals surface area contributed by atoms with Crippen molar-refractivity contribution >= 4 is 11.8 Å². The number of aliphatic hydroxyl groups is 1. The molecule has 0 heterocycles. The van der Waals surface area contributed by atoms with Gasteiger partial charge in [0.1, 0.15) is 12.2 Å². The number of esters is 1. The van der Waals surface area contributed by atoms with Crippen molar-refractivity contribution < 1.29 is 24.2 Å². The number of Topliss-reactive ketones (excluding diaryl/α,β-unsaturated/α-hetero) is 1. The molecule has 29 heavy (non-hydrogen) atoms. The van der Waals surface area contributed by atoms with Gasteiger partial charge in [-0.05, 0) is 32.3 Å². The van der Waals surface area contributed by atoms with Gasteiger partial charge < -0.3 is 14.6 Å². The highest BCUT2D eigenvalue weighted by atomic mass is 16.5.